The summed E-state index contributed by atoms with van der Waals surface area (Å²) >= 11 is 0. The summed E-state index contributed by atoms with van der Waals surface area (Å²) in [7, 11) is 1.59. The lowest BCUT2D eigenvalue weighted by Gasteiger charge is -2.32. The molecule has 3 heterocycles. The Hall–Kier alpha value is -3.73. The van der Waals surface area contributed by atoms with Gasteiger partial charge in [-0.25, -0.2) is 4.99 Å². The van der Waals surface area contributed by atoms with Crippen LogP contribution in [-0.4, -0.2) is 33.1 Å². The summed E-state index contributed by atoms with van der Waals surface area (Å²) < 4.78 is 49.9. The van der Waals surface area contributed by atoms with E-state index in [4.69, 9.17) is 10.5 Å². The number of aliphatic imine (C=N–C) groups is 1. The second-order valence-electron chi connectivity index (χ2n) is 7.25. The highest BCUT2D eigenvalue weighted by molar-refractivity contribution is 5.95. The zero-order chi connectivity index (χ0) is 22.8. The largest absolute Gasteiger partial charge is 0.492 e. The van der Waals surface area contributed by atoms with Crippen molar-refractivity contribution in [1.29, 1.82) is 0 Å². The van der Waals surface area contributed by atoms with E-state index in [9.17, 15) is 13.2 Å². The SMILES string of the molecule is Cn1cc(C2(N)N=C(Nc3ccc(OCCn4cccc4)cc3)NC=C2C(F)(F)F)cn1. The number of aryl methyl sites for hydroxylation is 1. The minimum atomic E-state index is -4.67. The fourth-order valence-electron chi connectivity index (χ4n) is 3.28. The Bertz CT molecular complexity index is 1120. The third kappa shape index (κ3) is 4.62. The number of aromatic nitrogens is 3. The van der Waals surface area contributed by atoms with Crippen molar-refractivity contribution in [2.24, 2.45) is 17.8 Å². The van der Waals surface area contributed by atoms with Gasteiger partial charge in [-0.3, -0.25) is 10.4 Å². The molecule has 4 N–H and O–H groups in total. The van der Waals surface area contributed by atoms with Gasteiger partial charge in [0.2, 0.25) is 5.96 Å². The van der Waals surface area contributed by atoms with Crippen LogP contribution in [0.4, 0.5) is 18.9 Å². The Morgan fingerprint density at radius 3 is 2.53 bits per heavy atom. The Labute approximate surface area is 182 Å². The number of nitrogens with two attached hydrogens (primary N) is 1. The van der Waals surface area contributed by atoms with Gasteiger partial charge in [0.15, 0.2) is 5.66 Å². The summed E-state index contributed by atoms with van der Waals surface area (Å²) in [6.07, 6.45) is 2.73. The van der Waals surface area contributed by atoms with Crippen LogP contribution in [0.25, 0.3) is 0 Å². The fourth-order valence-corrected chi connectivity index (χ4v) is 3.28. The van der Waals surface area contributed by atoms with E-state index in [-0.39, 0.29) is 11.5 Å². The number of benzene rings is 1. The third-order valence-electron chi connectivity index (χ3n) is 4.90. The lowest BCUT2D eigenvalue weighted by molar-refractivity contribution is -0.102. The smallest absolute Gasteiger partial charge is 0.418 e. The first-order valence-electron chi connectivity index (χ1n) is 9.77. The number of halogens is 3. The molecule has 1 aliphatic rings. The van der Waals surface area contributed by atoms with Gasteiger partial charge in [-0.2, -0.15) is 18.3 Å². The molecule has 2 aromatic heterocycles. The van der Waals surface area contributed by atoms with Crippen LogP contribution in [0.15, 0.2) is 78.0 Å². The van der Waals surface area contributed by atoms with Gasteiger partial charge in [0.1, 0.15) is 12.4 Å². The molecule has 1 aromatic carbocycles. The van der Waals surface area contributed by atoms with Gasteiger partial charge in [-0.05, 0) is 36.4 Å². The number of hydrogen-bond donors (Lipinski definition) is 3. The lowest BCUT2D eigenvalue weighted by Crippen LogP contribution is -2.49. The molecule has 1 atom stereocenters. The van der Waals surface area contributed by atoms with E-state index in [1.807, 2.05) is 29.1 Å². The molecule has 1 unspecified atom stereocenters. The molecule has 4 rings (SSSR count). The highest BCUT2D eigenvalue weighted by atomic mass is 19.4. The van der Waals surface area contributed by atoms with Crippen molar-refractivity contribution in [3.05, 3.63) is 78.5 Å². The summed E-state index contributed by atoms with van der Waals surface area (Å²) in [5.41, 5.74) is 3.72. The van der Waals surface area contributed by atoms with Crippen molar-refractivity contribution >= 4 is 11.6 Å². The topological polar surface area (TPSA) is 94.4 Å². The van der Waals surface area contributed by atoms with Crippen LogP contribution in [-0.2, 0) is 19.3 Å². The molecule has 0 saturated carbocycles. The second kappa shape index (κ2) is 8.42. The monoisotopic (exact) mass is 445 g/mol. The number of hydrogen-bond acceptors (Lipinski definition) is 6. The molecule has 11 heteroatoms. The molecule has 0 saturated heterocycles. The van der Waals surface area contributed by atoms with Crippen molar-refractivity contribution in [2.75, 3.05) is 11.9 Å². The molecule has 0 radical (unpaired) electrons. The van der Waals surface area contributed by atoms with Gasteiger partial charge in [-0.1, -0.05) is 0 Å². The van der Waals surface area contributed by atoms with Gasteiger partial charge in [0.25, 0.3) is 0 Å². The maximum absolute atomic E-state index is 13.6. The first-order chi connectivity index (χ1) is 15.2. The lowest BCUT2D eigenvalue weighted by atomic mass is 9.94. The molecular weight excluding hydrogens is 423 g/mol. The minimum Gasteiger partial charge on any atom is -0.492 e. The van der Waals surface area contributed by atoms with E-state index in [0.29, 0.717) is 24.6 Å². The predicted molar refractivity (Wildman–Crippen MR) is 114 cm³/mol. The van der Waals surface area contributed by atoms with E-state index in [0.717, 1.165) is 6.20 Å². The molecule has 168 valence electrons. The number of nitrogens with zero attached hydrogens (tertiary/aromatic N) is 4. The first kappa shape index (κ1) is 21.5. The first-order valence-corrected chi connectivity index (χ1v) is 9.77. The Kier molecular flexibility index (Phi) is 5.66. The van der Waals surface area contributed by atoms with Gasteiger partial charge in [-0.15, -0.1) is 0 Å². The molecule has 32 heavy (non-hydrogen) atoms. The zero-order valence-electron chi connectivity index (χ0n) is 17.2. The predicted octanol–water partition coefficient (Wildman–Crippen LogP) is 2.93. The van der Waals surface area contributed by atoms with Crippen LogP contribution in [0, 0.1) is 0 Å². The van der Waals surface area contributed by atoms with Crippen LogP contribution in [0.3, 0.4) is 0 Å². The van der Waals surface area contributed by atoms with E-state index in [1.54, 1.807) is 31.3 Å². The van der Waals surface area contributed by atoms with Crippen molar-refractivity contribution in [3.8, 4) is 5.75 Å². The van der Waals surface area contributed by atoms with E-state index in [2.05, 4.69) is 20.7 Å². The average Bonchev–Trinajstić information content (AvgIpc) is 3.40. The van der Waals surface area contributed by atoms with Crippen LogP contribution < -0.4 is 21.1 Å². The van der Waals surface area contributed by atoms with Crippen molar-refractivity contribution in [3.63, 3.8) is 0 Å². The number of rotatable bonds is 6. The average molecular weight is 445 g/mol. The Balaban J connectivity index is 1.46. The maximum Gasteiger partial charge on any atom is 0.418 e. The molecule has 0 amide bonds. The number of guanidine groups is 1. The highest BCUT2D eigenvalue weighted by Gasteiger charge is 2.50. The van der Waals surface area contributed by atoms with Crippen molar-refractivity contribution < 1.29 is 17.9 Å². The summed E-state index contributed by atoms with van der Waals surface area (Å²) in [6.45, 7) is 1.22. The summed E-state index contributed by atoms with van der Waals surface area (Å²) in [5, 5.41) is 9.42. The fraction of sp³-hybridized carbons (Fsp3) is 0.238. The highest BCUT2D eigenvalue weighted by Crippen LogP contribution is 2.40. The van der Waals surface area contributed by atoms with Crippen LogP contribution in [0.5, 0.6) is 5.75 Å². The third-order valence-corrected chi connectivity index (χ3v) is 4.90. The van der Waals surface area contributed by atoms with Gasteiger partial charge < -0.3 is 19.9 Å². The van der Waals surface area contributed by atoms with Gasteiger partial charge in [0.05, 0.1) is 18.3 Å². The molecule has 0 fully saturated rings. The molecule has 0 spiro atoms. The van der Waals surface area contributed by atoms with Crippen LogP contribution in [0.2, 0.25) is 0 Å². The van der Waals surface area contributed by atoms with Gasteiger partial charge >= 0.3 is 6.18 Å². The summed E-state index contributed by atoms with van der Waals surface area (Å²) in [6, 6.07) is 10.9. The minimum absolute atomic E-state index is 0.0747. The normalized spacial score (nSPS) is 18.5. The summed E-state index contributed by atoms with van der Waals surface area (Å²) in [4.78, 5) is 4.14. The van der Waals surface area contributed by atoms with Crippen molar-refractivity contribution in [1.82, 2.24) is 19.7 Å². The molecule has 1 aliphatic heterocycles. The van der Waals surface area contributed by atoms with E-state index in [1.165, 1.54) is 17.1 Å². The second-order valence-corrected chi connectivity index (χ2v) is 7.25. The van der Waals surface area contributed by atoms with Crippen LogP contribution >= 0.6 is 0 Å². The number of nitrogens with one attached hydrogen (secondary N) is 2. The summed E-state index contributed by atoms with van der Waals surface area (Å²) in [5.74, 6) is 0.745. The van der Waals surface area contributed by atoms with Crippen molar-refractivity contribution in [2.45, 2.75) is 18.4 Å². The Morgan fingerprint density at radius 1 is 1.19 bits per heavy atom. The maximum atomic E-state index is 13.6. The van der Waals surface area contributed by atoms with E-state index >= 15 is 0 Å². The Morgan fingerprint density at radius 2 is 1.91 bits per heavy atom. The zero-order valence-corrected chi connectivity index (χ0v) is 17.2. The number of alkyl halides is 3. The number of anilines is 1. The van der Waals surface area contributed by atoms with Crippen LogP contribution in [0.1, 0.15) is 5.56 Å². The molecule has 3 aromatic rings. The molecular formula is C21H22F3N7O. The molecule has 0 bridgehead atoms. The van der Waals surface area contributed by atoms with E-state index < -0.39 is 17.4 Å². The molecule has 8 nitrogen and oxygen atoms in total. The quantitative estimate of drug-likeness (QED) is 0.543. The van der Waals surface area contributed by atoms with Gasteiger partial charge in [0, 0.05) is 43.1 Å². The standard InChI is InChI=1S/C21H22F3N7O/c1-30-14-15(12-27-30)20(25)18(21(22,23)24)13-26-19(29-20)28-16-4-6-17(7-5-16)32-11-10-31-8-2-3-9-31/h2-9,12-14H,10-11,25H2,1H3,(H2,26,28,29). The number of ether oxygens (including phenoxy) is 1. The molecule has 0 aliphatic carbocycles.